The average Bonchev–Trinajstić information content (AvgIpc) is 3.27. The van der Waals surface area contributed by atoms with Gasteiger partial charge < -0.3 is 14.2 Å². The number of allylic oxidation sites excluding steroid dienone is 12. The van der Waals surface area contributed by atoms with Gasteiger partial charge in [-0.3, -0.25) is 9.59 Å². The van der Waals surface area contributed by atoms with E-state index in [1.807, 2.05) is 0 Å². The molecule has 0 bridgehead atoms. The smallest absolute Gasteiger partial charge is 0.306 e. The fraction of sp³-hybridized carbons (Fsp3) is 0.754. The van der Waals surface area contributed by atoms with Crippen molar-refractivity contribution in [2.75, 3.05) is 19.8 Å². The van der Waals surface area contributed by atoms with Crippen molar-refractivity contribution >= 4 is 11.9 Å². The van der Waals surface area contributed by atoms with Gasteiger partial charge in [0.15, 0.2) is 6.10 Å². The van der Waals surface area contributed by atoms with Gasteiger partial charge in [0.1, 0.15) is 6.61 Å². The number of esters is 2. The Kier molecular flexibility index (Phi) is 50.4. The van der Waals surface area contributed by atoms with Crippen LogP contribution in [0.15, 0.2) is 72.9 Å². The third kappa shape index (κ3) is 50.0. The lowest BCUT2D eigenvalue weighted by Crippen LogP contribution is -2.30. The van der Waals surface area contributed by atoms with Crippen LogP contribution in [0.4, 0.5) is 0 Å². The third-order valence-electron chi connectivity index (χ3n) is 11.2. The van der Waals surface area contributed by atoms with E-state index in [9.17, 15) is 9.59 Å². The molecular weight excluding hydrogens is 765 g/mol. The first-order valence-corrected chi connectivity index (χ1v) is 26.5. The molecule has 0 aromatic rings. The summed E-state index contributed by atoms with van der Waals surface area (Å²) in [6, 6.07) is 0. The Bertz CT molecular complexity index is 1110. The second kappa shape index (κ2) is 52.7. The van der Waals surface area contributed by atoms with Gasteiger partial charge in [0.25, 0.3) is 0 Å². The number of rotatable bonds is 48. The zero-order chi connectivity index (χ0) is 44.9. The van der Waals surface area contributed by atoms with Crippen molar-refractivity contribution in [2.24, 2.45) is 0 Å². The fourth-order valence-corrected chi connectivity index (χ4v) is 7.30. The first-order chi connectivity index (χ1) is 30.6. The zero-order valence-corrected chi connectivity index (χ0v) is 41.1. The van der Waals surface area contributed by atoms with Crippen molar-refractivity contribution in [3.63, 3.8) is 0 Å². The molecule has 0 aliphatic heterocycles. The van der Waals surface area contributed by atoms with Crippen LogP contribution >= 0.6 is 0 Å². The van der Waals surface area contributed by atoms with E-state index in [1.165, 1.54) is 128 Å². The van der Waals surface area contributed by atoms with Gasteiger partial charge in [0.2, 0.25) is 0 Å². The van der Waals surface area contributed by atoms with E-state index in [0.717, 1.165) is 89.9 Å². The number of hydrogen-bond donors (Lipinski definition) is 0. The molecule has 0 saturated carbocycles. The summed E-state index contributed by atoms with van der Waals surface area (Å²) >= 11 is 0. The quantitative estimate of drug-likeness (QED) is 0.0346. The molecule has 1 unspecified atom stereocenters. The molecule has 0 saturated heterocycles. The van der Waals surface area contributed by atoms with Gasteiger partial charge in [-0.2, -0.15) is 0 Å². The summed E-state index contributed by atoms with van der Waals surface area (Å²) in [5.74, 6) is -0.424. The summed E-state index contributed by atoms with van der Waals surface area (Å²) in [4.78, 5) is 25.4. The number of carbonyl (C=O) groups is 2. The molecule has 0 amide bonds. The molecule has 1 atom stereocenters. The lowest BCUT2D eigenvalue weighted by molar-refractivity contribution is -0.163. The highest BCUT2D eigenvalue weighted by Gasteiger charge is 2.17. The molecule has 5 nitrogen and oxygen atoms in total. The molecule has 0 aromatic heterocycles. The van der Waals surface area contributed by atoms with Gasteiger partial charge in [-0.25, -0.2) is 0 Å². The predicted molar refractivity (Wildman–Crippen MR) is 270 cm³/mol. The van der Waals surface area contributed by atoms with E-state index in [2.05, 4.69) is 93.7 Å². The molecule has 0 aromatic carbocycles. The molecule has 62 heavy (non-hydrogen) atoms. The largest absolute Gasteiger partial charge is 0.462 e. The molecular formula is C57H100O5. The van der Waals surface area contributed by atoms with E-state index in [-0.39, 0.29) is 25.2 Å². The Morgan fingerprint density at radius 3 is 1.23 bits per heavy atom. The highest BCUT2D eigenvalue weighted by Crippen LogP contribution is 2.15. The Hall–Kier alpha value is -2.66. The topological polar surface area (TPSA) is 61.8 Å². The van der Waals surface area contributed by atoms with Crippen molar-refractivity contribution in [1.82, 2.24) is 0 Å². The maximum atomic E-state index is 12.8. The van der Waals surface area contributed by atoms with Crippen LogP contribution in [-0.4, -0.2) is 37.9 Å². The maximum absolute atomic E-state index is 12.8. The second-order valence-electron chi connectivity index (χ2n) is 17.4. The van der Waals surface area contributed by atoms with Gasteiger partial charge in [-0.1, -0.05) is 229 Å². The summed E-state index contributed by atoms with van der Waals surface area (Å²) in [6.45, 7) is 7.63. The third-order valence-corrected chi connectivity index (χ3v) is 11.2. The molecule has 358 valence electrons. The highest BCUT2D eigenvalue weighted by atomic mass is 16.6. The Balaban J connectivity index is 4.31. The molecule has 0 fully saturated rings. The Morgan fingerprint density at radius 2 is 0.758 bits per heavy atom. The van der Waals surface area contributed by atoms with Crippen molar-refractivity contribution in [3.8, 4) is 0 Å². The molecule has 0 rings (SSSR count). The fourth-order valence-electron chi connectivity index (χ4n) is 7.30. The molecule has 5 heteroatoms. The first kappa shape index (κ1) is 59.3. The van der Waals surface area contributed by atoms with Crippen molar-refractivity contribution in [2.45, 2.75) is 258 Å². The van der Waals surface area contributed by atoms with E-state index in [1.54, 1.807) is 0 Å². The molecule has 0 spiro atoms. The zero-order valence-electron chi connectivity index (χ0n) is 41.1. The van der Waals surface area contributed by atoms with Crippen LogP contribution in [0.2, 0.25) is 0 Å². The second-order valence-corrected chi connectivity index (χ2v) is 17.4. The van der Waals surface area contributed by atoms with E-state index >= 15 is 0 Å². The summed E-state index contributed by atoms with van der Waals surface area (Å²) in [6.07, 6.45) is 67.6. The standard InChI is InChI=1S/C57H100O5/c1-4-7-10-13-16-19-22-25-28-29-31-32-35-38-41-44-47-50-56(58)61-54-55(53-60-52-49-46-43-40-37-34-27-24-21-18-15-12-9-6-3)62-57(59)51-48-45-42-39-36-33-30-26-23-20-17-14-11-8-5-2/h7,10,12,15-16,19,21,24-25,28,31-32,55H,4-6,8-9,11,13-14,17-18,20,22-23,26-27,29-30,33-54H2,1-3H3/b10-7-,15-12-,19-16-,24-21-,28-25-,32-31-. The first-order valence-electron chi connectivity index (χ1n) is 26.5. The average molecular weight is 865 g/mol. The van der Waals surface area contributed by atoms with Crippen molar-refractivity contribution in [1.29, 1.82) is 0 Å². The van der Waals surface area contributed by atoms with Crippen molar-refractivity contribution in [3.05, 3.63) is 72.9 Å². The van der Waals surface area contributed by atoms with Gasteiger partial charge >= 0.3 is 11.9 Å². The maximum Gasteiger partial charge on any atom is 0.306 e. The van der Waals surface area contributed by atoms with Crippen LogP contribution < -0.4 is 0 Å². The van der Waals surface area contributed by atoms with Crippen LogP contribution in [0.25, 0.3) is 0 Å². The summed E-state index contributed by atoms with van der Waals surface area (Å²) in [7, 11) is 0. The summed E-state index contributed by atoms with van der Waals surface area (Å²) < 4.78 is 17.4. The van der Waals surface area contributed by atoms with Crippen LogP contribution in [0.5, 0.6) is 0 Å². The minimum absolute atomic E-state index is 0.0682. The van der Waals surface area contributed by atoms with Gasteiger partial charge in [-0.05, 0) is 83.5 Å². The van der Waals surface area contributed by atoms with Crippen LogP contribution in [0.3, 0.4) is 0 Å². The predicted octanol–water partition coefficient (Wildman–Crippen LogP) is 17.9. The van der Waals surface area contributed by atoms with Crippen LogP contribution in [0.1, 0.15) is 252 Å². The minimum Gasteiger partial charge on any atom is -0.462 e. The number of unbranched alkanes of at least 4 members (excludes halogenated alkanes) is 25. The molecule has 0 radical (unpaired) electrons. The van der Waals surface area contributed by atoms with E-state index in [4.69, 9.17) is 14.2 Å². The summed E-state index contributed by atoms with van der Waals surface area (Å²) in [5, 5.41) is 0. The number of ether oxygens (including phenoxy) is 3. The van der Waals surface area contributed by atoms with Gasteiger partial charge in [-0.15, -0.1) is 0 Å². The summed E-state index contributed by atoms with van der Waals surface area (Å²) in [5.41, 5.74) is 0. The number of carbonyl (C=O) groups excluding carboxylic acids is 2. The lowest BCUT2D eigenvalue weighted by Gasteiger charge is -2.18. The van der Waals surface area contributed by atoms with Crippen LogP contribution in [-0.2, 0) is 23.8 Å². The van der Waals surface area contributed by atoms with E-state index in [0.29, 0.717) is 19.4 Å². The molecule has 0 aliphatic carbocycles. The normalized spacial score (nSPS) is 12.8. The highest BCUT2D eigenvalue weighted by molar-refractivity contribution is 5.70. The molecule has 0 N–H and O–H groups in total. The lowest BCUT2D eigenvalue weighted by atomic mass is 10.0. The van der Waals surface area contributed by atoms with Gasteiger partial charge in [0, 0.05) is 19.4 Å². The minimum atomic E-state index is -0.552. The monoisotopic (exact) mass is 865 g/mol. The van der Waals surface area contributed by atoms with Crippen molar-refractivity contribution < 1.29 is 23.8 Å². The Labute approximate surface area is 385 Å². The van der Waals surface area contributed by atoms with Gasteiger partial charge in [0.05, 0.1) is 6.61 Å². The number of hydrogen-bond acceptors (Lipinski definition) is 5. The SMILES string of the molecule is CC/C=C\C/C=C\C/C=C\C/C=C\CCCCCCC(=O)OCC(COCCCCCCCC/C=C\C/C=C\CCC)OC(=O)CCCCCCCCCCCCCCCCC. The van der Waals surface area contributed by atoms with E-state index < -0.39 is 6.10 Å². The Morgan fingerprint density at radius 1 is 0.371 bits per heavy atom. The molecule has 0 aliphatic rings. The van der Waals surface area contributed by atoms with Crippen LogP contribution in [0, 0.1) is 0 Å². The molecule has 0 heterocycles.